The average Bonchev–Trinajstić information content (AvgIpc) is 2.28. The highest BCUT2D eigenvalue weighted by atomic mass is 16.1. The maximum absolute atomic E-state index is 12.0. The standard InChI is InChI=1S/C13H21N3O/c1-15(2)10-9-14-13(17)11-7-5-6-8-12(11)16(3)4/h5-8H,9-10H2,1-4H3,(H,14,17). The number of para-hydroxylation sites is 1. The fraction of sp³-hybridized carbons (Fsp3) is 0.462. The molecule has 1 amide bonds. The van der Waals surface area contributed by atoms with E-state index in [1.165, 1.54) is 0 Å². The zero-order valence-corrected chi connectivity index (χ0v) is 11.0. The molecule has 0 unspecified atom stereocenters. The molecule has 1 aromatic rings. The van der Waals surface area contributed by atoms with Gasteiger partial charge in [-0.1, -0.05) is 12.1 Å². The first kappa shape index (κ1) is 13.5. The maximum Gasteiger partial charge on any atom is 0.253 e. The predicted octanol–water partition coefficient (Wildman–Crippen LogP) is 1.04. The molecule has 0 bridgehead atoms. The van der Waals surface area contributed by atoms with Crippen LogP contribution in [0, 0.1) is 0 Å². The molecule has 0 saturated carbocycles. The number of anilines is 1. The van der Waals surface area contributed by atoms with E-state index >= 15 is 0 Å². The van der Waals surface area contributed by atoms with Gasteiger partial charge in [0.25, 0.3) is 5.91 Å². The zero-order chi connectivity index (χ0) is 12.8. The lowest BCUT2D eigenvalue weighted by molar-refractivity contribution is 0.0951. The van der Waals surface area contributed by atoms with E-state index in [1.54, 1.807) is 0 Å². The van der Waals surface area contributed by atoms with Crippen molar-refractivity contribution < 1.29 is 4.79 Å². The summed E-state index contributed by atoms with van der Waals surface area (Å²) in [5.41, 5.74) is 1.66. The van der Waals surface area contributed by atoms with E-state index in [0.717, 1.165) is 17.8 Å². The van der Waals surface area contributed by atoms with Crippen LogP contribution in [0.1, 0.15) is 10.4 Å². The lowest BCUT2D eigenvalue weighted by Crippen LogP contribution is -2.32. The van der Waals surface area contributed by atoms with Crippen molar-refractivity contribution in [1.29, 1.82) is 0 Å². The molecule has 1 rings (SSSR count). The van der Waals surface area contributed by atoms with Gasteiger partial charge in [-0.15, -0.1) is 0 Å². The van der Waals surface area contributed by atoms with Gasteiger partial charge in [-0.3, -0.25) is 4.79 Å². The molecule has 0 aliphatic rings. The minimum absolute atomic E-state index is 0.0175. The number of benzene rings is 1. The van der Waals surface area contributed by atoms with Crippen molar-refractivity contribution in [3.05, 3.63) is 29.8 Å². The summed E-state index contributed by atoms with van der Waals surface area (Å²) >= 11 is 0. The van der Waals surface area contributed by atoms with Crippen LogP contribution in [0.15, 0.2) is 24.3 Å². The summed E-state index contributed by atoms with van der Waals surface area (Å²) in [6, 6.07) is 7.61. The third kappa shape index (κ3) is 4.07. The Hall–Kier alpha value is -1.55. The molecule has 1 aromatic carbocycles. The molecule has 0 saturated heterocycles. The summed E-state index contributed by atoms with van der Waals surface area (Å²) in [6.45, 7) is 1.50. The predicted molar refractivity (Wildman–Crippen MR) is 71.7 cm³/mol. The van der Waals surface area contributed by atoms with Gasteiger partial charge >= 0.3 is 0 Å². The van der Waals surface area contributed by atoms with Crippen molar-refractivity contribution in [2.45, 2.75) is 0 Å². The van der Waals surface area contributed by atoms with Crippen LogP contribution in [-0.4, -0.2) is 52.1 Å². The topological polar surface area (TPSA) is 35.6 Å². The van der Waals surface area contributed by atoms with E-state index < -0.39 is 0 Å². The van der Waals surface area contributed by atoms with Crippen molar-refractivity contribution in [2.75, 3.05) is 46.2 Å². The highest BCUT2D eigenvalue weighted by Crippen LogP contribution is 2.17. The van der Waals surface area contributed by atoms with Crippen LogP contribution in [-0.2, 0) is 0 Å². The Morgan fingerprint density at radius 1 is 1.18 bits per heavy atom. The fourth-order valence-corrected chi connectivity index (χ4v) is 1.54. The minimum atomic E-state index is -0.0175. The molecule has 0 aliphatic carbocycles. The number of carbonyl (C=O) groups excluding carboxylic acids is 1. The van der Waals surface area contributed by atoms with E-state index in [2.05, 4.69) is 5.32 Å². The molecular formula is C13H21N3O. The Morgan fingerprint density at radius 3 is 2.41 bits per heavy atom. The van der Waals surface area contributed by atoms with Crippen LogP contribution in [0.4, 0.5) is 5.69 Å². The van der Waals surface area contributed by atoms with Gasteiger partial charge < -0.3 is 15.1 Å². The number of amides is 1. The molecule has 0 atom stereocenters. The smallest absolute Gasteiger partial charge is 0.253 e. The molecule has 94 valence electrons. The summed E-state index contributed by atoms with van der Waals surface area (Å²) in [5, 5.41) is 2.92. The normalized spacial score (nSPS) is 10.4. The SMILES string of the molecule is CN(C)CCNC(=O)c1ccccc1N(C)C. The minimum Gasteiger partial charge on any atom is -0.377 e. The molecule has 0 radical (unpaired) electrons. The Labute approximate surface area is 103 Å². The van der Waals surface area contributed by atoms with E-state index in [1.807, 2.05) is 62.3 Å². The highest BCUT2D eigenvalue weighted by molar-refractivity contribution is 5.99. The van der Waals surface area contributed by atoms with Gasteiger partial charge in [0.15, 0.2) is 0 Å². The van der Waals surface area contributed by atoms with E-state index in [4.69, 9.17) is 0 Å². The molecule has 0 aromatic heterocycles. The first-order chi connectivity index (χ1) is 8.02. The maximum atomic E-state index is 12.0. The van der Waals surface area contributed by atoms with Crippen molar-refractivity contribution >= 4 is 11.6 Å². The second-order valence-corrected chi connectivity index (χ2v) is 4.47. The van der Waals surface area contributed by atoms with Crippen LogP contribution in [0.25, 0.3) is 0 Å². The van der Waals surface area contributed by atoms with Gasteiger partial charge in [-0.05, 0) is 26.2 Å². The van der Waals surface area contributed by atoms with E-state index in [9.17, 15) is 4.79 Å². The Bertz CT molecular complexity index is 375. The average molecular weight is 235 g/mol. The van der Waals surface area contributed by atoms with Crippen molar-refractivity contribution in [3.8, 4) is 0 Å². The molecule has 4 heteroatoms. The third-order valence-electron chi connectivity index (χ3n) is 2.48. The Kier molecular flexibility index (Phi) is 4.97. The third-order valence-corrected chi connectivity index (χ3v) is 2.48. The molecule has 0 aliphatic heterocycles. The number of likely N-dealkylation sites (N-methyl/N-ethyl adjacent to an activating group) is 1. The van der Waals surface area contributed by atoms with Crippen LogP contribution in [0.2, 0.25) is 0 Å². The molecular weight excluding hydrogens is 214 g/mol. The summed E-state index contributed by atoms with van der Waals surface area (Å²) in [7, 11) is 7.84. The number of nitrogens with zero attached hydrogens (tertiary/aromatic N) is 2. The van der Waals surface area contributed by atoms with Crippen molar-refractivity contribution in [3.63, 3.8) is 0 Å². The van der Waals surface area contributed by atoms with Gasteiger partial charge in [0.2, 0.25) is 0 Å². The van der Waals surface area contributed by atoms with Crippen molar-refractivity contribution in [2.24, 2.45) is 0 Å². The molecule has 0 heterocycles. The molecule has 17 heavy (non-hydrogen) atoms. The molecule has 1 N–H and O–H groups in total. The number of hydrogen-bond donors (Lipinski definition) is 1. The monoisotopic (exact) mass is 235 g/mol. The van der Waals surface area contributed by atoms with Crippen LogP contribution in [0.5, 0.6) is 0 Å². The number of carbonyl (C=O) groups is 1. The highest BCUT2D eigenvalue weighted by Gasteiger charge is 2.11. The number of nitrogens with one attached hydrogen (secondary N) is 1. The second-order valence-electron chi connectivity index (χ2n) is 4.47. The summed E-state index contributed by atoms with van der Waals surface area (Å²) in [6.07, 6.45) is 0. The quantitative estimate of drug-likeness (QED) is 0.828. The first-order valence-electron chi connectivity index (χ1n) is 5.71. The van der Waals surface area contributed by atoms with Gasteiger partial charge in [0.05, 0.1) is 5.56 Å². The van der Waals surface area contributed by atoms with E-state index in [0.29, 0.717) is 6.54 Å². The molecule has 0 fully saturated rings. The number of hydrogen-bond acceptors (Lipinski definition) is 3. The van der Waals surface area contributed by atoms with Crippen molar-refractivity contribution in [1.82, 2.24) is 10.2 Å². The van der Waals surface area contributed by atoms with E-state index in [-0.39, 0.29) is 5.91 Å². The lowest BCUT2D eigenvalue weighted by atomic mass is 10.1. The van der Waals surface area contributed by atoms with Gasteiger partial charge in [-0.2, -0.15) is 0 Å². The fourth-order valence-electron chi connectivity index (χ4n) is 1.54. The number of rotatable bonds is 5. The zero-order valence-electron chi connectivity index (χ0n) is 11.0. The van der Waals surface area contributed by atoms with Crippen LogP contribution < -0.4 is 10.2 Å². The largest absolute Gasteiger partial charge is 0.377 e. The first-order valence-corrected chi connectivity index (χ1v) is 5.71. The molecule has 4 nitrogen and oxygen atoms in total. The lowest BCUT2D eigenvalue weighted by Gasteiger charge is -2.17. The van der Waals surface area contributed by atoms with Crippen LogP contribution >= 0.6 is 0 Å². The Balaban J connectivity index is 2.68. The summed E-state index contributed by atoms with van der Waals surface area (Å²) < 4.78 is 0. The van der Waals surface area contributed by atoms with Gasteiger partial charge in [0, 0.05) is 32.9 Å². The molecule has 0 spiro atoms. The summed E-state index contributed by atoms with van der Waals surface area (Å²) in [4.78, 5) is 16.0. The second kappa shape index (κ2) is 6.25. The van der Waals surface area contributed by atoms with Gasteiger partial charge in [0.1, 0.15) is 0 Å². The van der Waals surface area contributed by atoms with Gasteiger partial charge in [-0.25, -0.2) is 0 Å². The van der Waals surface area contributed by atoms with Crippen LogP contribution in [0.3, 0.4) is 0 Å². The summed E-state index contributed by atoms with van der Waals surface area (Å²) in [5.74, 6) is -0.0175. The Morgan fingerprint density at radius 2 is 1.82 bits per heavy atom.